The van der Waals surface area contributed by atoms with Gasteiger partial charge in [0.2, 0.25) is 0 Å². The van der Waals surface area contributed by atoms with Gasteiger partial charge in [-0.05, 0) is 54.8 Å². The number of carbonyl (C=O) groups is 1. The first-order valence-electron chi connectivity index (χ1n) is 6.86. The third-order valence-electron chi connectivity index (χ3n) is 3.02. The number of rotatable bonds is 4. The van der Waals surface area contributed by atoms with E-state index >= 15 is 0 Å². The Bertz CT molecular complexity index is 783. The summed E-state index contributed by atoms with van der Waals surface area (Å²) in [5.41, 5.74) is 2.37. The highest BCUT2D eigenvalue weighted by Crippen LogP contribution is 2.23. The monoisotopic (exact) mass is 309 g/mol. The average molecular weight is 309 g/mol. The first-order valence-corrected chi connectivity index (χ1v) is 7.63. The predicted octanol–water partition coefficient (Wildman–Crippen LogP) is 4.00. The first-order chi connectivity index (χ1) is 10.7. The van der Waals surface area contributed by atoms with Gasteiger partial charge in [-0.1, -0.05) is 18.2 Å². The Morgan fingerprint density at radius 3 is 2.86 bits per heavy atom. The van der Waals surface area contributed by atoms with Crippen LogP contribution in [0, 0.1) is 6.92 Å². The molecule has 0 bridgehead atoms. The molecule has 1 aromatic carbocycles. The number of benzene rings is 1. The minimum atomic E-state index is -0.209. The van der Waals surface area contributed by atoms with E-state index in [9.17, 15) is 4.79 Å². The van der Waals surface area contributed by atoms with Crippen molar-refractivity contribution in [2.75, 3.05) is 5.32 Å². The fourth-order valence-corrected chi connectivity index (χ4v) is 2.90. The molecule has 0 radical (unpaired) electrons. The molecule has 4 nitrogen and oxygen atoms in total. The van der Waals surface area contributed by atoms with Crippen molar-refractivity contribution in [3.63, 3.8) is 0 Å². The van der Waals surface area contributed by atoms with Gasteiger partial charge in [-0.15, -0.1) is 0 Å². The summed E-state index contributed by atoms with van der Waals surface area (Å²) in [6.07, 6.45) is 5.41. The summed E-state index contributed by atoms with van der Waals surface area (Å²) in [6, 6.07) is 15.4. The molecule has 0 saturated heterocycles. The molecule has 5 heteroatoms. The lowest BCUT2D eigenvalue weighted by Crippen LogP contribution is -2.12. The quantitative estimate of drug-likeness (QED) is 0.792. The number of nitrogens with zero attached hydrogens (tertiary/aromatic N) is 2. The predicted molar refractivity (Wildman–Crippen MR) is 89.1 cm³/mol. The highest BCUT2D eigenvalue weighted by molar-refractivity contribution is 7.97. The number of hydrogen-bond donors (Lipinski definition) is 1. The van der Waals surface area contributed by atoms with Gasteiger partial charge in [0.25, 0.3) is 5.91 Å². The van der Waals surface area contributed by atoms with Crippen LogP contribution >= 0.6 is 11.9 Å². The summed E-state index contributed by atoms with van der Waals surface area (Å²) in [4.78, 5) is 17.2. The average Bonchev–Trinajstić information content (AvgIpc) is 2.95. The van der Waals surface area contributed by atoms with Gasteiger partial charge in [-0.2, -0.15) is 0 Å². The Morgan fingerprint density at radius 1 is 1.18 bits per heavy atom. The highest BCUT2D eigenvalue weighted by Gasteiger charge is 2.07. The van der Waals surface area contributed by atoms with E-state index in [1.165, 1.54) is 5.56 Å². The minimum absolute atomic E-state index is 0.209. The number of amides is 1. The first kappa shape index (κ1) is 14.4. The zero-order chi connectivity index (χ0) is 15.4. The molecule has 1 amide bonds. The molecule has 2 heterocycles. The van der Waals surface area contributed by atoms with Crippen LogP contribution in [0.4, 0.5) is 5.69 Å². The molecule has 0 aliphatic rings. The summed E-state index contributed by atoms with van der Waals surface area (Å²) in [6.45, 7) is 2.07. The largest absolute Gasteiger partial charge is 0.319 e. The Kier molecular flexibility index (Phi) is 4.25. The van der Waals surface area contributed by atoms with Crippen LogP contribution in [0.2, 0.25) is 0 Å². The van der Waals surface area contributed by atoms with Gasteiger partial charge >= 0.3 is 0 Å². The fourth-order valence-electron chi connectivity index (χ4n) is 1.99. The number of aryl methyl sites for hydroxylation is 1. The summed E-state index contributed by atoms with van der Waals surface area (Å²) >= 11 is 1.60. The molecule has 2 aromatic heterocycles. The zero-order valence-electron chi connectivity index (χ0n) is 12.1. The van der Waals surface area contributed by atoms with E-state index in [-0.39, 0.29) is 5.91 Å². The fraction of sp³-hybridized carbons (Fsp3) is 0.0588. The molecule has 3 rings (SSSR count). The van der Waals surface area contributed by atoms with E-state index in [4.69, 9.17) is 0 Å². The summed E-state index contributed by atoms with van der Waals surface area (Å²) in [5.74, 6) is -0.209. The van der Waals surface area contributed by atoms with Gasteiger partial charge in [0.05, 0.1) is 5.69 Å². The normalized spacial score (nSPS) is 10.4. The molecule has 0 aliphatic carbocycles. The van der Waals surface area contributed by atoms with Gasteiger partial charge in [0, 0.05) is 23.5 Å². The molecule has 1 N–H and O–H groups in total. The molecule has 0 spiro atoms. The molecular weight excluding hydrogens is 294 g/mol. The van der Waals surface area contributed by atoms with E-state index in [0.29, 0.717) is 5.69 Å². The number of carbonyl (C=O) groups excluding carboxylic acids is 1. The van der Waals surface area contributed by atoms with Crippen molar-refractivity contribution < 1.29 is 4.79 Å². The maximum atomic E-state index is 12.0. The van der Waals surface area contributed by atoms with Crippen molar-refractivity contribution in [2.24, 2.45) is 0 Å². The number of hydrogen-bond acceptors (Lipinski definition) is 3. The Hall–Kier alpha value is -2.53. The van der Waals surface area contributed by atoms with E-state index in [1.807, 2.05) is 28.5 Å². The van der Waals surface area contributed by atoms with E-state index in [2.05, 4.69) is 35.4 Å². The second kappa shape index (κ2) is 6.49. The maximum absolute atomic E-state index is 12.0. The molecule has 0 aliphatic heterocycles. The number of pyridine rings is 1. The van der Waals surface area contributed by atoms with Crippen molar-refractivity contribution >= 4 is 23.5 Å². The van der Waals surface area contributed by atoms with Gasteiger partial charge in [0.1, 0.15) is 5.69 Å². The number of aromatic nitrogens is 2. The SMILES string of the molecule is Cc1cccc(Sn2ccc(NC(=O)c3ccccn3)c2)c1. The van der Waals surface area contributed by atoms with Crippen LogP contribution in [0.15, 0.2) is 72.0 Å². The molecule has 110 valence electrons. The Labute approximate surface area is 133 Å². The topological polar surface area (TPSA) is 46.9 Å². The molecule has 0 atom stereocenters. The lowest BCUT2D eigenvalue weighted by molar-refractivity contribution is 0.102. The van der Waals surface area contributed by atoms with Gasteiger partial charge < -0.3 is 5.32 Å². The van der Waals surface area contributed by atoms with Crippen molar-refractivity contribution in [3.05, 3.63) is 78.4 Å². The Balaban J connectivity index is 1.68. The third kappa shape index (κ3) is 3.56. The van der Waals surface area contributed by atoms with Crippen LogP contribution in [0.3, 0.4) is 0 Å². The lowest BCUT2D eigenvalue weighted by atomic mass is 10.2. The molecule has 0 saturated carbocycles. The van der Waals surface area contributed by atoms with Crippen molar-refractivity contribution in [2.45, 2.75) is 11.8 Å². The van der Waals surface area contributed by atoms with Gasteiger partial charge in [-0.25, -0.2) is 0 Å². The van der Waals surface area contributed by atoms with Crippen molar-refractivity contribution in [1.29, 1.82) is 0 Å². The zero-order valence-corrected chi connectivity index (χ0v) is 12.9. The van der Waals surface area contributed by atoms with E-state index in [1.54, 1.807) is 36.3 Å². The molecule has 0 fully saturated rings. The summed E-state index contributed by atoms with van der Waals surface area (Å²) < 4.78 is 1.96. The number of anilines is 1. The maximum Gasteiger partial charge on any atom is 0.274 e. The van der Waals surface area contributed by atoms with Crippen LogP contribution in [0.1, 0.15) is 16.1 Å². The van der Waals surface area contributed by atoms with Crippen LogP contribution in [0.5, 0.6) is 0 Å². The van der Waals surface area contributed by atoms with Crippen molar-refractivity contribution in [1.82, 2.24) is 8.96 Å². The van der Waals surface area contributed by atoms with Gasteiger partial charge in [-0.3, -0.25) is 13.8 Å². The number of nitrogens with one attached hydrogen (secondary N) is 1. The second-order valence-electron chi connectivity index (χ2n) is 4.84. The van der Waals surface area contributed by atoms with Gasteiger partial charge in [0.15, 0.2) is 0 Å². The lowest BCUT2D eigenvalue weighted by Gasteiger charge is -2.03. The van der Waals surface area contributed by atoms with Crippen LogP contribution in [-0.2, 0) is 0 Å². The standard InChI is InChI=1S/C17H15N3OS/c1-13-5-4-6-15(11-13)22-20-10-8-14(12-20)19-17(21)16-7-2-3-9-18-16/h2-12H,1H3,(H,19,21). The second-order valence-corrected chi connectivity index (χ2v) is 5.91. The van der Waals surface area contributed by atoms with E-state index < -0.39 is 0 Å². The highest BCUT2D eigenvalue weighted by atomic mass is 32.2. The van der Waals surface area contributed by atoms with Crippen LogP contribution in [-0.4, -0.2) is 14.9 Å². The third-order valence-corrected chi connectivity index (χ3v) is 3.93. The smallest absolute Gasteiger partial charge is 0.274 e. The molecule has 22 heavy (non-hydrogen) atoms. The van der Waals surface area contributed by atoms with Crippen molar-refractivity contribution in [3.8, 4) is 0 Å². The van der Waals surface area contributed by atoms with Crippen LogP contribution in [0.25, 0.3) is 0 Å². The van der Waals surface area contributed by atoms with Crippen LogP contribution < -0.4 is 5.32 Å². The Morgan fingerprint density at radius 2 is 2.09 bits per heavy atom. The summed E-state index contributed by atoms with van der Waals surface area (Å²) in [5, 5.41) is 2.84. The minimum Gasteiger partial charge on any atom is -0.319 e. The summed E-state index contributed by atoms with van der Waals surface area (Å²) in [7, 11) is 0. The molecule has 0 unspecified atom stereocenters. The van der Waals surface area contributed by atoms with E-state index in [0.717, 1.165) is 10.6 Å². The molecular formula is C17H15N3OS. The molecule has 3 aromatic rings.